The highest BCUT2D eigenvalue weighted by Gasteiger charge is 2.01. The summed E-state index contributed by atoms with van der Waals surface area (Å²) in [6, 6.07) is 16.6. The molecule has 0 unspecified atom stereocenters. The highest BCUT2D eigenvalue weighted by molar-refractivity contribution is 14.1. The number of benzene rings is 2. The van der Waals surface area contributed by atoms with Crippen molar-refractivity contribution in [3.63, 3.8) is 0 Å². The second-order valence-corrected chi connectivity index (χ2v) is 7.85. The number of amides is 1. The molecule has 2 aromatic carbocycles. The minimum Gasteiger partial charge on any atom is -0.355 e. The van der Waals surface area contributed by atoms with Gasteiger partial charge in [-0.25, -0.2) is 0 Å². The molecule has 0 saturated carbocycles. The van der Waals surface area contributed by atoms with E-state index in [4.69, 9.17) is 0 Å². The highest BCUT2D eigenvalue weighted by atomic mass is 127. The average molecular weight is 579 g/mol. The van der Waals surface area contributed by atoms with Crippen molar-refractivity contribution in [1.82, 2.24) is 20.0 Å². The fourth-order valence-electron chi connectivity index (χ4n) is 2.84. The standard InChI is InChI=1S/C13H20N2O.C10H12N2.C4H8.CH3I/c1-15(2)11-10-14-13(16)9-8-12-6-4-3-5-7-12;1-3-8-4-5-10-9(6-8)7-11-12(10)2;1-3-4-2;1-2/h3-7H,8-11H2,1-2H3,(H,14,16);4-7H,3H2,1-2H3;3H,1,4H2,2H3;1H3. The van der Waals surface area contributed by atoms with Crippen LogP contribution in [0.15, 0.2) is 67.4 Å². The van der Waals surface area contributed by atoms with E-state index in [1.807, 2.05) is 73.4 Å². The Balaban J connectivity index is 0.000000532. The summed E-state index contributed by atoms with van der Waals surface area (Å²) in [6.45, 7) is 9.31. The quantitative estimate of drug-likeness (QED) is 0.201. The van der Waals surface area contributed by atoms with Crippen molar-refractivity contribution < 1.29 is 4.79 Å². The smallest absolute Gasteiger partial charge is 0.220 e. The lowest BCUT2D eigenvalue weighted by atomic mass is 10.1. The Bertz CT molecular complexity index is 923. The van der Waals surface area contributed by atoms with Crippen LogP contribution in [0.3, 0.4) is 0 Å². The number of allylic oxidation sites excluding steroid dienone is 1. The van der Waals surface area contributed by atoms with E-state index >= 15 is 0 Å². The molecule has 3 aromatic rings. The van der Waals surface area contributed by atoms with Gasteiger partial charge in [0.2, 0.25) is 5.91 Å². The number of fused-ring (bicyclic) bond motifs is 1. The zero-order valence-electron chi connectivity index (χ0n) is 21.9. The van der Waals surface area contributed by atoms with E-state index in [1.54, 1.807) is 0 Å². The third-order valence-corrected chi connectivity index (χ3v) is 4.87. The van der Waals surface area contributed by atoms with E-state index in [-0.39, 0.29) is 5.91 Å². The predicted octanol–water partition coefficient (Wildman–Crippen LogP) is 6.07. The molecule has 1 aromatic heterocycles. The minimum atomic E-state index is 0.130. The lowest BCUT2D eigenvalue weighted by molar-refractivity contribution is -0.121. The third kappa shape index (κ3) is 14.2. The maximum atomic E-state index is 11.5. The summed E-state index contributed by atoms with van der Waals surface area (Å²) in [4.78, 5) is 15.5. The summed E-state index contributed by atoms with van der Waals surface area (Å²) in [5.41, 5.74) is 3.79. The molecule has 6 heteroatoms. The number of carbonyl (C=O) groups is 1. The SMILES string of the molecule is C=CCC.CCc1ccc2c(cnn2C)c1.CI.CN(C)CCNC(=O)CCc1ccccc1. The maximum absolute atomic E-state index is 11.5. The van der Waals surface area contributed by atoms with E-state index in [0.717, 1.165) is 32.4 Å². The van der Waals surface area contributed by atoms with Gasteiger partial charge in [-0.3, -0.25) is 9.48 Å². The van der Waals surface area contributed by atoms with Crippen LogP contribution in [0, 0.1) is 0 Å². The number of aromatic nitrogens is 2. The number of halogens is 1. The topological polar surface area (TPSA) is 50.2 Å². The van der Waals surface area contributed by atoms with Crippen molar-refractivity contribution in [2.75, 3.05) is 32.1 Å². The molecule has 0 aliphatic carbocycles. The number of carbonyl (C=O) groups excluding carboxylic acids is 1. The Morgan fingerprint density at radius 1 is 1.12 bits per heavy atom. The van der Waals surface area contributed by atoms with Gasteiger partial charge in [0.1, 0.15) is 0 Å². The molecule has 5 nitrogen and oxygen atoms in total. The molecule has 0 saturated heterocycles. The van der Waals surface area contributed by atoms with Crippen molar-refractivity contribution in [3.8, 4) is 0 Å². The summed E-state index contributed by atoms with van der Waals surface area (Å²) in [5.74, 6) is 0.130. The summed E-state index contributed by atoms with van der Waals surface area (Å²) < 4.78 is 1.90. The van der Waals surface area contributed by atoms with Gasteiger partial charge in [0.05, 0.1) is 11.7 Å². The van der Waals surface area contributed by atoms with Gasteiger partial charge in [-0.05, 0) is 61.5 Å². The van der Waals surface area contributed by atoms with Gasteiger partial charge in [0, 0.05) is 31.9 Å². The minimum absolute atomic E-state index is 0.130. The zero-order chi connectivity index (χ0) is 25.8. The Labute approximate surface area is 220 Å². The van der Waals surface area contributed by atoms with Crippen LogP contribution in [0.4, 0.5) is 0 Å². The van der Waals surface area contributed by atoms with Crippen LogP contribution in [0.25, 0.3) is 10.9 Å². The van der Waals surface area contributed by atoms with E-state index in [2.05, 4.69) is 76.5 Å². The van der Waals surface area contributed by atoms with Crippen LogP contribution >= 0.6 is 22.6 Å². The fourth-order valence-corrected chi connectivity index (χ4v) is 2.84. The number of hydrogen-bond donors (Lipinski definition) is 1. The van der Waals surface area contributed by atoms with E-state index in [1.165, 1.54) is 22.0 Å². The van der Waals surface area contributed by atoms with Gasteiger partial charge >= 0.3 is 0 Å². The molecule has 0 spiro atoms. The predicted molar refractivity (Wildman–Crippen MR) is 157 cm³/mol. The molecule has 1 amide bonds. The lowest BCUT2D eigenvalue weighted by Gasteiger charge is -2.10. The molecular formula is C28H43IN4O. The molecule has 0 aliphatic rings. The van der Waals surface area contributed by atoms with E-state index in [0.29, 0.717) is 6.42 Å². The first-order valence-corrected chi connectivity index (χ1v) is 13.9. The van der Waals surface area contributed by atoms with Crippen molar-refractivity contribution in [1.29, 1.82) is 0 Å². The van der Waals surface area contributed by atoms with Crippen molar-refractivity contribution in [2.45, 2.75) is 39.5 Å². The van der Waals surface area contributed by atoms with Crippen LogP contribution in [0.2, 0.25) is 0 Å². The van der Waals surface area contributed by atoms with Gasteiger partial charge in [0.15, 0.2) is 0 Å². The lowest BCUT2D eigenvalue weighted by Crippen LogP contribution is -2.31. The molecular weight excluding hydrogens is 535 g/mol. The first kappa shape index (κ1) is 31.8. The van der Waals surface area contributed by atoms with Gasteiger partial charge in [-0.2, -0.15) is 5.10 Å². The number of rotatable bonds is 8. The molecule has 0 aliphatic heterocycles. The Hall–Kier alpha value is -2.19. The Morgan fingerprint density at radius 3 is 2.32 bits per heavy atom. The number of nitrogens with zero attached hydrogens (tertiary/aromatic N) is 3. The molecule has 0 radical (unpaired) electrons. The normalized spacial score (nSPS) is 9.65. The van der Waals surface area contributed by atoms with Crippen LogP contribution in [0.1, 0.15) is 37.8 Å². The molecule has 1 N–H and O–H groups in total. The Kier molecular flexibility index (Phi) is 18.9. The average Bonchev–Trinajstić information content (AvgIpc) is 3.24. The summed E-state index contributed by atoms with van der Waals surface area (Å²) in [6.07, 6.45) is 7.34. The molecule has 3 rings (SSSR count). The van der Waals surface area contributed by atoms with Gasteiger partial charge < -0.3 is 10.2 Å². The summed E-state index contributed by atoms with van der Waals surface area (Å²) in [5, 5.41) is 8.32. The Morgan fingerprint density at radius 2 is 1.76 bits per heavy atom. The van der Waals surface area contributed by atoms with Crippen molar-refractivity contribution in [2.24, 2.45) is 7.05 Å². The molecule has 0 bridgehead atoms. The van der Waals surface area contributed by atoms with Gasteiger partial charge in [0.25, 0.3) is 0 Å². The van der Waals surface area contributed by atoms with Crippen LogP contribution in [-0.4, -0.2) is 52.7 Å². The fraction of sp³-hybridized carbons (Fsp3) is 0.429. The molecule has 0 fully saturated rings. The van der Waals surface area contributed by atoms with E-state index < -0.39 is 0 Å². The summed E-state index contributed by atoms with van der Waals surface area (Å²) >= 11 is 2.15. The second kappa shape index (κ2) is 20.2. The van der Waals surface area contributed by atoms with Gasteiger partial charge in [-0.15, -0.1) is 6.58 Å². The first-order chi connectivity index (χ1) is 16.4. The molecule has 1 heterocycles. The number of likely N-dealkylation sites (N-methyl/N-ethyl adjacent to an activating group) is 1. The highest BCUT2D eigenvalue weighted by Crippen LogP contribution is 2.14. The molecule has 188 valence electrons. The second-order valence-electron chi connectivity index (χ2n) is 7.85. The van der Waals surface area contributed by atoms with E-state index in [9.17, 15) is 4.79 Å². The van der Waals surface area contributed by atoms with Crippen LogP contribution in [0.5, 0.6) is 0 Å². The van der Waals surface area contributed by atoms with Crippen LogP contribution in [-0.2, 0) is 24.7 Å². The number of alkyl halides is 1. The monoisotopic (exact) mass is 578 g/mol. The molecule has 0 atom stereocenters. The third-order valence-electron chi connectivity index (χ3n) is 4.87. The largest absolute Gasteiger partial charge is 0.355 e. The van der Waals surface area contributed by atoms with Crippen LogP contribution < -0.4 is 5.32 Å². The number of aryl methyl sites for hydroxylation is 3. The maximum Gasteiger partial charge on any atom is 0.220 e. The van der Waals surface area contributed by atoms with Crippen molar-refractivity contribution >= 4 is 39.4 Å². The zero-order valence-corrected chi connectivity index (χ0v) is 24.0. The summed E-state index contributed by atoms with van der Waals surface area (Å²) in [7, 11) is 5.96. The molecule has 34 heavy (non-hydrogen) atoms. The van der Waals surface area contributed by atoms with Crippen molar-refractivity contribution in [3.05, 3.63) is 78.5 Å². The first-order valence-electron chi connectivity index (χ1n) is 11.8. The number of nitrogens with one attached hydrogen (secondary N) is 1. The number of hydrogen-bond acceptors (Lipinski definition) is 3. The van der Waals surface area contributed by atoms with Gasteiger partial charge in [-0.1, -0.05) is 78.9 Å².